The summed E-state index contributed by atoms with van der Waals surface area (Å²) in [6, 6.07) is 2.38. The Morgan fingerprint density at radius 3 is 2.40 bits per heavy atom. The van der Waals surface area contributed by atoms with E-state index in [2.05, 4.69) is 15.1 Å². The molecule has 0 unspecified atom stereocenters. The van der Waals surface area contributed by atoms with Crippen molar-refractivity contribution >= 4 is 29.0 Å². The van der Waals surface area contributed by atoms with Crippen LogP contribution in [0.15, 0.2) is 18.5 Å². The van der Waals surface area contributed by atoms with Gasteiger partial charge in [-0.15, -0.1) is 0 Å². The molecule has 0 atom stereocenters. The van der Waals surface area contributed by atoms with Crippen molar-refractivity contribution in [2.75, 3.05) is 0 Å². The minimum Gasteiger partial charge on any atom is -0.206 e. The van der Waals surface area contributed by atoms with E-state index in [1.54, 1.807) is 6.92 Å². The second kappa shape index (κ2) is 4.64. The maximum atomic E-state index is 14.1. The lowest BCUT2D eigenvalue weighted by atomic mass is 10.1. The van der Waals surface area contributed by atoms with Crippen LogP contribution < -0.4 is 0 Å². The fraction of sp³-hybridized carbons (Fsp3) is 0.0833. The Morgan fingerprint density at radius 2 is 1.75 bits per heavy atom. The standard InChI is InChI=1S/C12H6Cl2F2N4/c1-5-2-6(15)8(7(16)3-5)9-10(13)19-12-17-4-18-20(12)11(9)14/h2-4H,1H3. The maximum Gasteiger partial charge on any atom is 0.255 e. The summed E-state index contributed by atoms with van der Waals surface area (Å²) in [6.07, 6.45) is 1.22. The van der Waals surface area contributed by atoms with E-state index in [0.717, 1.165) is 4.52 Å². The first-order valence-corrected chi connectivity index (χ1v) is 6.25. The van der Waals surface area contributed by atoms with Gasteiger partial charge < -0.3 is 0 Å². The number of nitrogens with zero attached hydrogens (tertiary/aromatic N) is 4. The molecule has 0 radical (unpaired) electrons. The number of halogens is 4. The van der Waals surface area contributed by atoms with Crippen LogP contribution in [-0.4, -0.2) is 19.6 Å². The lowest BCUT2D eigenvalue weighted by Crippen LogP contribution is -2.01. The molecule has 0 fully saturated rings. The summed E-state index contributed by atoms with van der Waals surface area (Å²) in [4.78, 5) is 7.73. The Morgan fingerprint density at radius 1 is 1.10 bits per heavy atom. The van der Waals surface area contributed by atoms with E-state index < -0.39 is 11.6 Å². The van der Waals surface area contributed by atoms with Crippen molar-refractivity contribution in [3.8, 4) is 11.1 Å². The van der Waals surface area contributed by atoms with Crippen molar-refractivity contribution in [1.82, 2.24) is 19.6 Å². The zero-order chi connectivity index (χ0) is 14.4. The third-order valence-electron chi connectivity index (χ3n) is 2.76. The number of benzene rings is 1. The average Bonchev–Trinajstić information content (AvgIpc) is 2.80. The predicted molar refractivity (Wildman–Crippen MR) is 70.9 cm³/mol. The van der Waals surface area contributed by atoms with E-state index in [1.165, 1.54) is 18.5 Å². The zero-order valence-corrected chi connectivity index (χ0v) is 11.5. The largest absolute Gasteiger partial charge is 0.255 e. The van der Waals surface area contributed by atoms with Crippen LogP contribution in [0.1, 0.15) is 5.56 Å². The Bertz CT molecular complexity index is 809. The molecular formula is C12H6Cl2F2N4. The number of hydrogen-bond acceptors (Lipinski definition) is 3. The molecule has 0 saturated carbocycles. The summed E-state index contributed by atoms with van der Waals surface area (Å²) in [5, 5.41) is 3.63. The predicted octanol–water partition coefficient (Wildman–Crippen LogP) is 3.68. The smallest absolute Gasteiger partial charge is 0.206 e. The molecule has 102 valence electrons. The molecule has 0 aliphatic rings. The van der Waals surface area contributed by atoms with Gasteiger partial charge in [0.05, 0.1) is 11.1 Å². The lowest BCUT2D eigenvalue weighted by Gasteiger charge is -2.10. The quantitative estimate of drug-likeness (QED) is 0.643. The fourth-order valence-corrected chi connectivity index (χ4v) is 2.54. The number of aryl methyl sites for hydroxylation is 1. The highest BCUT2D eigenvalue weighted by Crippen LogP contribution is 2.37. The Labute approximate surface area is 122 Å². The van der Waals surface area contributed by atoms with Crippen LogP contribution in [-0.2, 0) is 0 Å². The van der Waals surface area contributed by atoms with Gasteiger partial charge in [-0.2, -0.15) is 19.6 Å². The third kappa shape index (κ3) is 1.92. The average molecular weight is 315 g/mol. The van der Waals surface area contributed by atoms with Crippen LogP contribution >= 0.6 is 23.2 Å². The fourth-order valence-electron chi connectivity index (χ4n) is 1.93. The van der Waals surface area contributed by atoms with Crippen LogP contribution in [0.4, 0.5) is 8.78 Å². The van der Waals surface area contributed by atoms with Gasteiger partial charge in [0.15, 0.2) is 0 Å². The number of aromatic nitrogens is 4. The zero-order valence-electron chi connectivity index (χ0n) is 10.0. The monoisotopic (exact) mass is 314 g/mol. The van der Waals surface area contributed by atoms with Gasteiger partial charge in [-0.05, 0) is 24.6 Å². The molecule has 0 aliphatic carbocycles. The lowest BCUT2D eigenvalue weighted by molar-refractivity contribution is 0.587. The van der Waals surface area contributed by atoms with Crippen LogP contribution in [0, 0.1) is 18.6 Å². The summed E-state index contributed by atoms with van der Waals surface area (Å²) >= 11 is 12.1. The van der Waals surface area contributed by atoms with Crippen molar-refractivity contribution in [3.63, 3.8) is 0 Å². The summed E-state index contributed by atoms with van der Waals surface area (Å²) in [5.74, 6) is -1.39. The van der Waals surface area contributed by atoms with E-state index in [0.29, 0.717) is 5.56 Å². The van der Waals surface area contributed by atoms with Crippen molar-refractivity contribution in [1.29, 1.82) is 0 Å². The highest BCUT2D eigenvalue weighted by Gasteiger charge is 2.22. The molecule has 4 nitrogen and oxygen atoms in total. The first-order valence-electron chi connectivity index (χ1n) is 5.50. The van der Waals surface area contributed by atoms with Crippen LogP contribution in [0.5, 0.6) is 0 Å². The molecule has 0 N–H and O–H groups in total. The molecule has 0 spiro atoms. The summed E-state index contributed by atoms with van der Waals surface area (Å²) in [6.45, 7) is 1.58. The minimum absolute atomic E-state index is 0.0543. The van der Waals surface area contributed by atoms with Crippen molar-refractivity contribution < 1.29 is 8.78 Å². The molecule has 1 aromatic carbocycles. The normalized spacial score (nSPS) is 11.2. The van der Waals surface area contributed by atoms with Crippen molar-refractivity contribution in [3.05, 3.63) is 46.0 Å². The van der Waals surface area contributed by atoms with E-state index in [9.17, 15) is 8.78 Å². The topological polar surface area (TPSA) is 43.1 Å². The Hall–Kier alpha value is -1.79. The van der Waals surface area contributed by atoms with E-state index >= 15 is 0 Å². The number of hydrogen-bond donors (Lipinski definition) is 0. The van der Waals surface area contributed by atoms with Crippen molar-refractivity contribution in [2.45, 2.75) is 6.92 Å². The maximum absolute atomic E-state index is 14.1. The Kier molecular flexibility index (Phi) is 3.07. The van der Waals surface area contributed by atoms with Gasteiger partial charge in [-0.1, -0.05) is 23.2 Å². The van der Waals surface area contributed by atoms with Gasteiger partial charge >= 0.3 is 0 Å². The number of rotatable bonds is 1. The van der Waals surface area contributed by atoms with Gasteiger partial charge in [0.25, 0.3) is 5.78 Å². The van der Waals surface area contributed by atoms with Crippen LogP contribution in [0.3, 0.4) is 0 Å². The van der Waals surface area contributed by atoms with Gasteiger partial charge in [-0.25, -0.2) is 8.78 Å². The first-order chi connectivity index (χ1) is 9.49. The summed E-state index contributed by atoms with van der Waals surface area (Å²) in [5.41, 5.74) is 0.0580. The highest BCUT2D eigenvalue weighted by atomic mass is 35.5. The molecule has 8 heteroatoms. The third-order valence-corrected chi connectivity index (χ3v) is 3.39. The van der Waals surface area contributed by atoms with Crippen molar-refractivity contribution in [2.24, 2.45) is 0 Å². The van der Waals surface area contributed by atoms with E-state index in [4.69, 9.17) is 23.2 Å². The minimum atomic E-state index is -0.771. The Balaban J connectivity index is 2.40. The molecule has 2 heterocycles. The van der Waals surface area contributed by atoms with Gasteiger partial charge in [0.2, 0.25) is 0 Å². The molecule has 0 saturated heterocycles. The SMILES string of the molecule is Cc1cc(F)c(-c2c(Cl)nc3ncnn3c2Cl)c(F)c1. The molecule has 2 aromatic heterocycles. The molecule has 3 rings (SSSR count). The summed E-state index contributed by atoms with van der Waals surface area (Å²) in [7, 11) is 0. The molecule has 20 heavy (non-hydrogen) atoms. The highest BCUT2D eigenvalue weighted by molar-refractivity contribution is 6.38. The van der Waals surface area contributed by atoms with Gasteiger partial charge in [-0.3, -0.25) is 0 Å². The van der Waals surface area contributed by atoms with Gasteiger partial charge in [0.1, 0.15) is 28.3 Å². The summed E-state index contributed by atoms with van der Waals surface area (Å²) < 4.78 is 29.3. The molecule has 0 aliphatic heterocycles. The second-order valence-corrected chi connectivity index (χ2v) is 4.86. The molecule has 0 amide bonds. The molecule has 3 aromatic rings. The number of fused-ring (bicyclic) bond motifs is 1. The van der Waals surface area contributed by atoms with Gasteiger partial charge in [0, 0.05) is 0 Å². The van der Waals surface area contributed by atoms with E-state index in [-0.39, 0.29) is 27.2 Å². The first kappa shape index (κ1) is 13.2. The molecular weight excluding hydrogens is 309 g/mol. The molecule has 0 bridgehead atoms. The van der Waals surface area contributed by atoms with E-state index in [1.807, 2.05) is 0 Å². The van der Waals surface area contributed by atoms with Crippen LogP contribution in [0.2, 0.25) is 10.3 Å². The second-order valence-electron chi connectivity index (χ2n) is 4.14. The van der Waals surface area contributed by atoms with Crippen LogP contribution in [0.25, 0.3) is 16.9 Å².